The van der Waals surface area contributed by atoms with E-state index in [0.717, 1.165) is 16.9 Å². The number of nitrogens with one attached hydrogen (secondary N) is 1. The molecule has 0 atom stereocenters. The molecule has 0 fully saturated rings. The van der Waals surface area contributed by atoms with E-state index in [4.69, 9.17) is 16.3 Å². The van der Waals surface area contributed by atoms with E-state index in [1.807, 2.05) is 36.4 Å². The molecule has 0 bridgehead atoms. The molecule has 4 heteroatoms. The largest absolute Gasteiger partial charge is 0.506 e. The first kappa shape index (κ1) is 13.7. The van der Waals surface area contributed by atoms with Crippen molar-refractivity contribution in [2.75, 3.05) is 7.11 Å². The maximum absolute atomic E-state index is 9.78. The van der Waals surface area contributed by atoms with Crippen molar-refractivity contribution in [2.45, 2.75) is 13.1 Å². The maximum Gasteiger partial charge on any atom is 0.138 e. The fraction of sp³-hybridized carbons (Fsp3) is 0.200. The molecule has 0 aliphatic rings. The Morgan fingerprint density at radius 3 is 2.74 bits per heavy atom. The topological polar surface area (TPSA) is 41.5 Å². The number of ether oxygens (including phenoxy) is 1. The predicted molar refractivity (Wildman–Crippen MR) is 76.7 cm³/mol. The Kier molecular flexibility index (Phi) is 4.66. The molecule has 0 spiro atoms. The van der Waals surface area contributed by atoms with Crippen molar-refractivity contribution >= 4 is 11.6 Å². The summed E-state index contributed by atoms with van der Waals surface area (Å²) in [6.45, 7) is 1.26. The fourth-order valence-electron chi connectivity index (χ4n) is 1.83. The summed E-state index contributed by atoms with van der Waals surface area (Å²) in [5, 5.41) is 13.4. The summed E-state index contributed by atoms with van der Waals surface area (Å²) in [6, 6.07) is 13.2. The number of hydrogen-bond donors (Lipinski definition) is 2. The summed E-state index contributed by atoms with van der Waals surface area (Å²) in [5.74, 6) is 0.979. The molecule has 2 N–H and O–H groups in total. The van der Waals surface area contributed by atoms with Crippen LogP contribution in [0.15, 0.2) is 42.5 Å². The molecule has 3 nitrogen and oxygen atoms in total. The van der Waals surface area contributed by atoms with Crippen molar-refractivity contribution < 1.29 is 9.84 Å². The Morgan fingerprint density at radius 2 is 1.95 bits per heavy atom. The second kappa shape index (κ2) is 6.45. The normalized spacial score (nSPS) is 10.4. The Labute approximate surface area is 117 Å². The van der Waals surface area contributed by atoms with Gasteiger partial charge in [0.1, 0.15) is 11.5 Å². The molecule has 0 amide bonds. The van der Waals surface area contributed by atoms with E-state index < -0.39 is 0 Å². The van der Waals surface area contributed by atoms with Gasteiger partial charge < -0.3 is 15.2 Å². The molecule has 2 rings (SSSR count). The van der Waals surface area contributed by atoms with Crippen molar-refractivity contribution in [3.8, 4) is 11.5 Å². The van der Waals surface area contributed by atoms with Crippen LogP contribution in [-0.4, -0.2) is 12.2 Å². The Bertz CT molecular complexity index is 558. The number of phenolic OH excluding ortho intramolecular Hbond substituents is 1. The number of hydrogen-bond acceptors (Lipinski definition) is 3. The van der Waals surface area contributed by atoms with Crippen molar-refractivity contribution in [2.24, 2.45) is 0 Å². The van der Waals surface area contributed by atoms with Crippen molar-refractivity contribution in [3.05, 3.63) is 58.6 Å². The van der Waals surface area contributed by atoms with Crippen LogP contribution in [0.3, 0.4) is 0 Å². The van der Waals surface area contributed by atoms with E-state index in [2.05, 4.69) is 5.32 Å². The summed E-state index contributed by atoms with van der Waals surface area (Å²) in [4.78, 5) is 0. The standard InChI is InChI=1S/C15H16ClNO2/c1-19-13-6-2-4-11(8-13)9-17-10-12-5-3-7-14(16)15(12)18/h2-8,17-18H,9-10H2,1H3. The van der Waals surface area contributed by atoms with Crippen LogP contribution in [0.25, 0.3) is 0 Å². The number of para-hydroxylation sites is 1. The number of benzene rings is 2. The minimum atomic E-state index is 0.141. The van der Waals surface area contributed by atoms with Gasteiger partial charge in [0, 0.05) is 18.7 Å². The highest BCUT2D eigenvalue weighted by Crippen LogP contribution is 2.26. The number of phenols is 1. The van der Waals surface area contributed by atoms with Crippen LogP contribution >= 0.6 is 11.6 Å². The van der Waals surface area contributed by atoms with Gasteiger partial charge in [-0.1, -0.05) is 35.9 Å². The molecule has 0 aromatic heterocycles. The zero-order valence-corrected chi connectivity index (χ0v) is 11.4. The number of aromatic hydroxyl groups is 1. The van der Waals surface area contributed by atoms with Gasteiger partial charge in [0.25, 0.3) is 0 Å². The molecule has 2 aromatic carbocycles. The lowest BCUT2D eigenvalue weighted by Crippen LogP contribution is -2.12. The molecule has 0 radical (unpaired) electrons. The minimum absolute atomic E-state index is 0.141. The molecule has 2 aromatic rings. The quantitative estimate of drug-likeness (QED) is 0.881. The third-order valence-electron chi connectivity index (χ3n) is 2.85. The van der Waals surface area contributed by atoms with E-state index >= 15 is 0 Å². The summed E-state index contributed by atoms with van der Waals surface area (Å²) in [7, 11) is 1.65. The zero-order chi connectivity index (χ0) is 13.7. The van der Waals surface area contributed by atoms with Gasteiger partial charge in [0.2, 0.25) is 0 Å². The summed E-state index contributed by atoms with van der Waals surface area (Å²) >= 11 is 5.86. The molecule has 0 aliphatic carbocycles. The summed E-state index contributed by atoms with van der Waals surface area (Å²) < 4.78 is 5.17. The molecule has 0 aliphatic heterocycles. The van der Waals surface area contributed by atoms with Gasteiger partial charge in [-0.3, -0.25) is 0 Å². The second-order valence-electron chi connectivity index (χ2n) is 4.20. The lowest BCUT2D eigenvalue weighted by molar-refractivity contribution is 0.414. The first-order valence-corrected chi connectivity index (χ1v) is 6.38. The average molecular weight is 278 g/mol. The smallest absolute Gasteiger partial charge is 0.138 e. The van der Waals surface area contributed by atoms with Gasteiger partial charge in [-0.2, -0.15) is 0 Å². The van der Waals surface area contributed by atoms with Crippen LogP contribution in [0.5, 0.6) is 11.5 Å². The third kappa shape index (κ3) is 3.63. The third-order valence-corrected chi connectivity index (χ3v) is 3.15. The minimum Gasteiger partial charge on any atom is -0.506 e. The molecule has 0 heterocycles. The first-order chi connectivity index (χ1) is 9.20. The van der Waals surface area contributed by atoms with Gasteiger partial charge in [-0.15, -0.1) is 0 Å². The van der Waals surface area contributed by atoms with Crippen molar-refractivity contribution in [1.82, 2.24) is 5.32 Å². The van der Waals surface area contributed by atoms with Gasteiger partial charge in [-0.25, -0.2) is 0 Å². The Balaban J connectivity index is 1.94. The van der Waals surface area contributed by atoms with E-state index in [1.54, 1.807) is 13.2 Å². The monoisotopic (exact) mass is 277 g/mol. The van der Waals surface area contributed by atoms with E-state index in [-0.39, 0.29) is 5.75 Å². The highest BCUT2D eigenvalue weighted by atomic mass is 35.5. The predicted octanol–water partition coefficient (Wildman–Crippen LogP) is 3.34. The molecular weight excluding hydrogens is 262 g/mol. The summed E-state index contributed by atoms with van der Waals surface area (Å²) in [6.07, 6.45) is 0. The van der Waals surface area contributed by atoms with Crippen LogP contribution in [0.1, 0.15) is 11.1 Å². The van der Waals surface area contributed by atoms with E-state index in [0.29, 0.717) is 18.1 Å². The van der Waals surface area contributed by atoms with Gasteiger partial charge >= 0.3 is 0 Å². The molecular formula is C15H16ClNO2. The number of rotatable bonds is 5. The van der Waals surface area contributed by atoms with Crippen molar-refractivity contribution in [3.63, 3.8) is 0 Å². The average Bonchev–Trinajstić information content (AvgIpc) is 2.44. The van der Waals surface area contributed by atoms with Crippen molar-refractivity contribution in [1.29, 1.82) is 0 Å². The SMILES string of the molecule is COc1cccc(CNCc2cccc(Cl)c2O)c1. The fourth-order valence-corrected chi connectivity index (χ4v) is 2.02. The van der Waals surface area contributed by atoms with Crippen LogP contribution in [0.2, 0.25) is 5.02 Å². The maximum atomic E-state index is 9.78. The number of methoxy groups -OCH3 is 1. The first-order valence-electron chi connectivity index (χ1n) is 6.00. The molecule has 19 heavy (non-hydrogen) atoms. The van der Waals surface area contributed by atoms with Gasteiger partial charge in [-0.05, 0) is 23.8 Å². The van der Waals surface area contributed by atoms with E-state index in [1.165, 1.54) is 0 Å². The van der Waals surface area contributed by atoms with Crippen LogP contribution in [0, 0.1) is 0 Å². The lowest BCUT2D eigenvalue weighted by Gasteiger charge is -2.08. The van der Waals surface area contributed by atoms with Crippen LogP contribution < -0.4 is 10.1 Å². The Hall–Kier alpha value is -1.71. The zero-order valence-electron chi connectivity index (χ0n) is 10.7. The molecule has 0 saturated carbocycles. The molecule has 0 saturated heterocycles. The van der Waals surface area contributed by atoms with Crippen LogP contribution in [-0.2, 0) is 13.1 Å². The van der Waals surface area contributed by atoms with E-state index in [9.17, 15) is 5.11 Å². The summed E-state index contributed by atoms with van der Waals surface area (Å²) in [5.41, 5.74) is 1.91. The molecule has 0 unspecified atom stereocenters. The van der Waals surface area contributed by atoms with Gasteiger partial charge in [0.15, 0.2) is 0 Å². The van der Waals surface area contributed by atoms with Crippen LogP contribution in [0.4, 0.5) is 0 Å². The lowest BCUT2D eigenvalue weighted by atomic mass is 10.2. The highest BCUT2D eigenvalue weighted by molar-refractivity contribution is 6.32. The highest BCUT2D eigenvalue weighted by Gasteiger charge is 2.04. The molecule has 100 valence electrons. The van der Waals surface area contributed by atoms with Gasteiger partial charge in [0.05, 0.1) is 12.1 Å². The Morgan fingerprint density at radius 1 is 1.16 bits per heavy atom. The number of halogens is 1. The second-order valence-corrected chi connectivity index (χ2v) is 4.61.